The number of nitrogens with one attached hydrogen (secondary N) is 2. The predicted octanol–water partition coefficient (Wildman–Crippen LogP) is 1.96. The minimum absolute atomic E-state index is 0.121. The van der Waals surface area contributed by atoms with E-state index in [4.69, 9.17) is 4.74 Å². The summed E-state index contributed by atoms with van der Waals surface area (Å²) >= 11 is 0. The normalized spacial score (nSPS) is 18.4. The lowest BCUT2D eigenvalue weighted by Gasteiger charge is -2.25. The van der Waals surface area contributed by atoms with Gasteiger partial charge in [-0.2, -0.15) is 0 Å². The molecule has 0 unspecified atom stereocenters. The first kappa shape index (κ1) is 11.3. The second kappa shape index (κ2) is 4.46. The highest BCUT2D eigenvalue weighted by Crippen LogP contribution is 2.32. The fourth-order valence-corrected chi connectivity index (χ4v) is 2.53. The first-order chi connectivity index (χ1) is 8.79. The van der Waals surface area contributed by atoms with Crippen LogP contribution in [-0.4, -0.2) is 23.6 Å². The van der Waals surface area contributed by atoms with Crippen molar-refractivity contribution < 1.29 is 4.74 Å². The van der Waals surface area contributed by atoms with Crippen molar-refractivity contribution in [3.63, 3.8) is 0 Å². The Morgan fingerprint density at radius 2 is 2.28 bits per heavy atom. The van der Waals surface area contributed by atoms with Gasteiger partial charge in [0.05, 0.1) is 25.2 Å². The summed E-state index contributed by atoms with van der Waals surface area (Å²) in [7, 11) is 1.71. The van der Waals surface area contributed by atoms with Gasteiger partial charge in [0.25, 0.3) is 0 Å². The topological polar surface area (TPSA) is 49.9 Å². The summed E-state index contributed by atoms with van der Waals surface area (Å²) < 4.78 is 5.49. The minimum Gasteiger partial charge on any atom is -0.496 e. The summed E-state index contributed by atoms with van der Waals surface area (Å²) in [5, 5.41) is 3.51. The first-order valence-corrected chi connectivity index (χ1v) is 6.19. The third-order valence-electron chi connectivity index (χ3n) is 3.45. The molecule has 0 aliphatic carbocycles. The van der Waals surface area contributed by atoms with Crippen molar-refractivity contribution in [1.82, 2.24) is 15.3 Å². The van der Waals surface area contributed by atoms with Gasteiger partial charge in [-0.25, -0.2) is 4.98 Å². The first-order valence-electron chi connectivity index (χ1n) is 6.19. The second-order valence-corrected chi connectivity index (χ2v) is 4.65. The molecule has 0 saturated carbocycles. The van der Waals surface area contributed by atoms with Crippen LogP contribution in [-0.2, 0) is 6.42 Å². The molecular formula is C14H17N3O. The number of H-pyrrole nitrogens is 1. The van der Waals surface area contributed by atoms with Crippen molar-refractivity contribution in [1.29, 1.82) is 0 Å². The summed E-state index contributed by atoms with van der Waals surface area (Å²) in [5.41, 5.74) is 4.66. The number of fused-ring (bicyclic) bond motifs is 1. The maximum Gasteiger partial charge on any atom is 0.124 e. The van der Waals surface area contributed by atoms with E-state index in [1.807, 2.05) is 0 Å². The molecule has 1 aliphatic rings. The monoisotopic (exact) mass is 243 g/mol. The van der Waals surface area contributed by atoms with Gasteiger partial charge >= 0.3 is 0 Å². The van der Waals surface area contributed by atoms with Crippen LogP contribution in [0.4, 0.5) is 0 Å². The Labute approximate surface area is 106 Å². The van der Waals surface area contributed by atoms with Crippen LogP contribution in [0, 0.1) is 6.92 Å². The lowest BCUT2D eigenvalue weighted by atomic mass is 9.96. The Morgan fingerprint density at radius 3 is 3.11 bits per heavy atom. The van der Waals surface area contributed by atoms with E-state index in [9.17, 15) is 0 Å². The van der Waals surface area contributed by atoms with Gasteiger partial charge in [0.2, 0.25) is 0 Å². The number of hydrogen-bond acceptors (Lipinski definition) is 3. The number of nitrogens with zero attached hydrogens (tertiary/aromatic N) is 1. The van der Waals surface area contributed by atoms with Gasteiger partial charge in [0, 0.05) is 24.2 Å². The quantitative estimate of drug-likeness (QED) is 0.847. The van der Waals surface area contributed by atoms with E-state index in [-0.39, 0.29) is 6.04 Å². The zero-order valence-electron chi connectivity index (χ0n) is 10.7. The van der Waals surface area contributed by atoms with Gasteiger partial charge in [-0.05, 0) is 18.6 Å². The minimum atomic E-state index is 0.121. The SMILES string of the molecule is COc1cc(C)ccc1[C@@H]1NCCc2[nH]cnc21. The van der Waals surface area contributed by atoms with Gasteiger partial charge in [-0.1, -0.05) is 12.1 Å². The van der Waals surface area contributed by atoms with Crippen LogP contribution in [0.3, 0.4) is 0 Å². The number of hydrogen-bond donors (Lipinski definition) is 2. The molecule has 0 saturated heterocycles. The molecule has 0 fully saturated rings. The zero-order valence-corrected chi connectivity index (χ0v) is 10.7. The maximum absolute atomic E-state index is 5.49. The molecular weight excluding hydrogens is 226 g/mol. The molecule has 0 spiro atoms. The smallest absolute Gasteiger partial charge is 0.124 e. The van der Waals surface area contributed by atoms with Gasteiger partial charge in [0.15, 0.2) is 0 Å². The highest BCUT2D eigenvalue weighted by atomic mass is 16.5. The van der Waals surface area contributed by atoms with Crippen molar-refractivity contribution in [3.8, 4) is 5.75 Å². The highest BCUT2D eigenvalue weighted by Gasteiger charge is 2.25. The van der Waals surface area contributed by atoms with Gasteiger partial charge in [-0.3, -0.25) is 0 Å². The fraction of sp³-hybridized carbons (Fsp3) is 0.357. The molecule has 1 aromatic carbocycles. The Kier molecular flexibility index (Phi) is 2.80. The van der Waals surface area contributed by atoms with Crippen LogP contribution in [0.15, 0.2) is 24.5 Å². The van der Waals surface area contributed by atoms with Crippen molar-refractivity contribution in [2.45, 2.75) is 19.4 Å². The standard InChI is InChI=1S/C14H17N3O/c1-9-3-4-10(12(7-9)18-2)13-14-11(5-6-15-13)16-8-17-14/h3-4,7-8,13,15H,5-6H2,1-2H3,(H,16,17)/t13-/m0/s1. The molecule has 1 aromatic heterocycles. The van der Waals surface area contributed by atoms with Crippen LogP contribution >= 0.6 is 0 Å². The van der Waals surface area contributed by atoms with Crippen LogP contribution < -0.4 is 10.1 Å². The largest absolute Gasteiger partial charge is 0.496 e. The van der Waals surface area contributed by atoms with Gasteiger partial charge in [-0.15, -0.1) is 0 Å². The van der Waals surface area contributed by atoms with E-state index in [0.29, 0.717) is 0 Å². The van der Waals surface area contributed by atoms with Crippen LogP contribution in [0.5, 0.6) is 5.75 Å². The predicted molar refractivity (Wildman–Crippen MR) is 69.9 cm³/mol. The molecule has 18 heavy (non-hydrogen) atoms. The van der Waals surface area contributed by atoms with E-state index in [1.165, 1.54) is 11.3 Å². The van der Waals surface area contributed by atoms with E-state index < -0.39 is 0 Å². The molecule has 1 aliphatic heterocycles. The Morgan fingerprint density at radius 1 is 1.39 bits per heavy atom. The van der Waals surface area contributed by atoms with E-state index in [1.54, 1.807) is 13.4 Å². The lowest BCUT2D eigenvalue weighted by molar-refractivity contribution is 0.401. The Bertz CT molecular complexity index is 562. The van der Waals surface area contributed by atoms with Crippen LogP contribution in [0.25, 0.3) is 0 Å². The van der Waals surface area contributed by atoms with Crippen LogP contribution in [0.1, 0.15) is 28.6 Å². The third-order valence-corrected chi connectivity index (χ3v) is 3.45. The molecule has 0 bridgehead atoms. The summed E-state index contributed by atoms with van der Waals surface area (Å²) in [6.45, 7) is 3.03. The van der Waals surface area contributed by atoms with Crippen molar-refractivity contribution in [2.24, 2.45) is 0 Å². The molecule has 2 aromatic rings. The molecule has 4 nitrogen and oxygen atoms in total. The van der Waals surface area contributed by atoms with Crippen LogP contribution in [0.2, 0.25) is 0 Å². The molecule has 94 valence electrons. The number of imidazole rings is 1. The average Bonchev–Trinajstić information content (AvgIpc) is 2.86. The molecule has 0 radical (unpaired) electrons. The Balaban J connectivity index is 2.07. The van der Waals surface area contributed by atoms with E-state index in [2.05, 4.69) is 40.4 Å². The van der Waals surface area contributed by atoms with Crippen molar-refractivity contribution in [2.75, 3.05) is 13.7 Å². The fourth-order valence-electron chi connectivity index (χ4n) is 2.53. The molecule has 0 amide bonds. The van der Waals surface area contributed by atoms with E-state index in [0.717, 1.165) is 30.0 Å². The third kappa shape index (κ3) is 1.78. The number of ether oxygens (including phenoxy) is 1. The highest BCUT2D eigenvalue weighted by molar-refractivity contribution is 5.44. The summed E-state index contributed by atoms with van der Waals surface area (Å²) in [6.07, 6.45) is 2.77. The molecule has 3 rings (SSSR count). The second-order valence-electron chi connectivity index (χ2n) is 4.65. The number of rotatable bonds is 2. The molecule has 1 atom stereocenters. The summed E-state index contributed by atoms with van der Waals surface area (Å²) in [5.74, 6) is 0.920. The van der Waals surface area contributed by atoms with E-state index >= 15 is 0 Å². The van der Waals surface area contributed by atoms with Crippen molar-refractivity contribution >= 4 is 0 Å². The Hall–Kier alpha value is -1.81. The van der Waals surface area contributed by atoms with Crippen molar-refractivity contribution in [3.05, 3.63) is 47.0 Å². The molecule has 4 heteroatoms. The number of aryl methyl sites for hydroxylation is 1. The number of aromatic nitrogens is 2. The average molecular weight is 243 g/mol. The van der Waals surface area contributed by atoms with Gasteiger partial charge in [0.1, 0.15) is 5.75 Å². The summed E-state index contributed by atoms with van der Waals surface area (Å²) in [6, 6.07) is 6.42. The van der Waals surface area contributed by atoms with Gasteiger partial charge < -0.3 is 15.0 Å². The summed E-state index contributed by atoms with van der Waals surface area (Å²) in [4.78, 5) is 7.65. The molecule has 2 heterocycles. The number of aromatic amines is 1. The molecule has 2 N–H and O–H groups in total. The lowest BCUT2D eigenvalue weighted by Crippen LogP contribution is -2.31. The number of methoxy groups -OCH3 is 1. The zero-order chi connectivity index (χ0) is 12.5. The maximum atomic E-state index is 5.49. The number of benzene rings is 1.